The molecule has 1 saturated heterocycles. The highest BCUT2D eigenvalue weighted by Crippen LogP contribution is 2.18. The van der Waals surface area contributed by atoms with Gasteiger partial charge in [-0.2, -0.15) is 0 Å². The van der Waals surface area contributed by atoms with Crippen LogP contribution in [0.15, 0.2) is 40.8 Å². The maximum atomic E-state index is 13.0. The van der Waals surface area contributed by atoms with Crippen LogP contribution in [0.25, 0.3) is 0 Å². The summed E-state index contributed by atoms with van der Waals surface area (Å²) in [5, 5.41) is 0. The predicted octanol–water partition coefficient (Wildman–Crippen LogP) is 2.78. The average molecular weight is 332 g/mol. The van der Waals surface area contributed by atoms with Gasteiger partial charge in [0.25, 0.3) is 11.9 Å². The molecule has 0 saturated carbocycles. The van der Waals surface area contributed by atoms with Crippen molar-refractivity contribution >= 4 is 5.91 Å². The molecule has 128 valence electrons. The monoisotopic (exact) mass is 332 g/mol. The molecule has 1 fully saturated rings. The fourth-order valence-electron chi connectivity index (χ4n) is 2.88. The summed E-state index contributed by atoms with van der Waals surface area (Å²) in [7, 11) is 1.51. The third kappa shape index (κ3) is 3.94. The molecule has 24 heavy (non-hydrogen) atoms. The second-order valence-corrected chi connectivity index (χ2v) is 5.87. The summed E-state index contributed by atoms with van der Waals surface area (Å²) < 4.78 is 23.3. The lowest BCUT2D eigenvalue weighted by atomic mass is 10.2. The molecule has 1 aromatic carbocycles. The molecular weight excluding hydrogens is 311 g/mol. The molecule has 1 aliphatic rings. The third-order valence-corrected chi connectivity index (χ3v) is 4.19. The van der Waals surface area contributed by atoms with Crippen LogP contribution in [0, 0.1) is 5.82 Å². The van der Waals surface area contributed by atoms with Crippen molar-refractivity contribution in [3.8, 4) is 5.95 Å². The summed E-state index contributed by atoms with van der Waals surface area (Å²) in [6, 6.07) is 9.85. The van der Waals surface area contributed by atoms with Crippen LogP contribution in [0.4, 0.5) is 4.39 Å². The molecule has 2 heterocycles. The number of amides is 1. The topological polar surface area (TPSA) is 45.9 Å². The van der Waals surface area contributed by atoms with Crippen molar-refractivity contribution in [2.45, 2.75) is 13.0 Å². The number of benzene rings is 1. The van der Waals surface area contributed by atoms with E-state index in [0.717, 1.165) is 31.6 Å². The smallest absolute Gasteiger partial charge is 0.289 e. The van der Waals surface area contributed by atoms with Crippen molar-refractivity contribution in [1.29, 1.82) is 0 Å². The zero-order valence-electron chi connectivity index (χ0n) is 13.7. The summed E-state index contributed by atoms with van der Waals surface area (Å²) in [4.78, 5) is 16.6. The van der Waals surface area contributed by atoms with Crippen molar-refractivity contribution in [3.63, 3.8) is 0 Å². The number of rotatable bonds is 4. The van der Waals surface area contributed by atoms with Crippen molar-refractivity contribution < 1.29 is 18.3 Å². The van der Waals surface area contributed by atoms with Gasteiger partial charge in [0.2, 0.25) is 0 Å². The van der Waals surface area contributed by atoms with Gasteiger partial charge in [-0.05, 0) is 30.2 Å². The highest BCUT2D eigenvalue weighted by Gasteiger charge is 2.22. The summed E-state index contributed by atoms with van der Waals surface area (Å²) in [6.45, 7) is 3.78. The van der Waals surface area contributed by atoms with Gasteiger partial charge in [-0.15, -0.1) is 0 Å². The number of halogens is 1. The first kappa shape index (κ1) is 16.5. The summed E-state index contributed by atoms with van der Waals surface area (Å²) in [5.41, 5.74) is 1.08. The number of methoxy groups -OCH3 is 1. The Bertz CT molecular complexity index is 684. The van der Waals surface area contributed by atoms with E-state index < -0.39 is 0 Å². The first-order chi connectivity index (χ1) is 11.7. The third-order valence-electron chi connectivity index (χ3n) is 4.19. The van der Waals surface area contributed by atoms with E-state index in [1.165, 1.54) is 19.2 Å². The van der Waals surface area contributed by atoms with E-state index in [1.54, 1.807) is 24.3 Å². The van der Waals surface area contributed by atoms with Crippen LogP contribution < -0.4 is 4.74 Å². The van der Waals surface area contributed by atoms with E-state index in [9.17, 15) is 9.18 Å². The van der Waals surface area contributed by atoms with Gasteiger partial charge in [0.1, 0.15) is 5.82 Å². The molecule has 0 atom stereocenters. The van der Waals surface area contributed by atoms with Gasteiger partial charge in [0, 0.05) is 38.8 Å². The number of carbonyl (C=O) groups is 1. The second kappa shape index (κ2) is 7.49. The van der Waals surface area contributed by atoms with Gasteiger partial charge < -0.3 is 14.1 Å². The highest BCUT2D eigenvalue weighted by atomic mass is 19.1. The zero-order chi connectivity index (χ0) is 16.9. The molecule has 6 heteroatoms. The van der Waals surface area contributed by atoms with Crippen LogP contribution in [0.5, 0.6) is 5.95 Å². The van der Waals surface area contributed by atoms with Gasteiger partial charge >= 0.3 is 0 Å². The zero-order valence-corrected chi connectivity index (χ0v) is 13.7. The lowest BCUT2D eigenvalue weighted by Gasteiger charge is -2.21. The Balaban J connectivity index is 1.58. The van der Waals surface area contributed by atoms with E-state index in [1.807, 2.05) is 4.90 Å². The molecule has 0 unspecified atom stereocenters. The molecule has 0 spiro atoms. The van der Waals surface area contributed by atoms with Crippen molar-refractivity contribution in [2.75, 3.05) is 33.3 Å². The summed E-state index contributed by atoms with van der Waals surface area (Å²) in [6.07, 6.45) is 0.894. The van der Waals surface area contributed by atoms with E-state index in [4.69, 9.17) is 9.15 Å². The summed E-state index contributed by atoms with van der Waals surface area (Å²) >= 11 is 0. The molecule has 2 aromatic rings. The van der Waals surface area contributed by atoms with Gasteiger partial charge in [-0.1, -0.05) is 12.1 Å². The first-order valence-corrected chi connectivity index (χ1v) is 8.05. The lowest BCUT2D eigenvalue weighted by Crippen LogP contribution is -2.34. The van der Waals surface area contributed by atoms with Crippen LogP contribution in [0.1, 0.15) is 22.5 Å². The minimum atomic E-state index is -0.222. The van der Waals surface area contributed by atoms with Gasteiger partial charge in [-0.3, -0.25) is 9.69 Å². The van der Waals surface area contributed by atoms with E-state index in [2.05, 4.69) is 4.90 Å². The predicted molar refractivity (Wildman–Crippen MR) is 87.5 cm³/mol. The van der Waals surface area contributed by atoms with Crippen molar-refractivity contribution in [1.82, 2.24) is 9.80 Å². The van der Waals surface area contributed by atoms with Crippen molar-refractivity contribution in [2.24, 2.45) is 0 Å². The SMILES string of the molecule is COc1ccc(C(=O)N2CCCN(Cc3ccc(F)cc3)CC2)o1. The van der Waals surface area contributed by atoms with Crippen LogP contribution in [0.3, 0.4) is 0 Å². The average Bonchev–Trinajstić information content (AvgIpc) is 2.96. The number of hydrogen-bond donors (Lipinski definition) is 0. The van der Waals surface area contributed by atoms with Crippen LogP contribution in [0.2, 0.25) is 0 Å². The number of nitrogens with zero attached hydrogens (tertiary/aromatic N) is 2. The number of hydrogen-bond acceptors (Lipinski definition) is 4. The minimum Gasteiger partial charge on any atom is -0.468 e. The van der Waals surface area contributed by atoms with Crippen LogP contribution in [-0.4, -0.2) is 49.0 Å². The fraction of sp³-hybridized carbons (Fsp3) is 0.389. The molecule has 0 radical (unpaired) electrons. The van der Waals surface area contributed by atoms with Crippen LogP contribution >= 0.6 is 0 Å². The number of furan rings is 1. The highest BCUT2D eigenvalue weighted by molar-refractivity contribution is 5.91. The molecule has 1 aliphatic heterocycles. The van der Waals surface area contributed by atoms with E-state index in [-0.39, 0.29) is 11.7 Å². The fourth-order valence-corrected chi connectivity index (χ4v) is 2.88. The van der Waals surface area contributed by atoms with Crippen molar-refractivity contribution in [3.05, 3.63) is 53.5 Å². The number of carbonyl (C=O) groups excluding carboxylic acids is 1. The Morgan fingerprint density at radius 3 is 2.62 bits per heavy atom. The largest absolute Gasteiger partial charge is 0.468 e. The second-order valence-electron chi connectivity index (χ2n) is 5.87. The Hall–Kier alpha value is -2.34. The van der Waals surface area contributed by atoms with Gasteiger partial charge in [0.15, 0.2) is 5.76 Å². The van der Waals surface area contributed by atoms with Crippen LogP contribution in [-0.2, 0) is 6.54 Å². The Labute approximate surface area is 140 Å². The summed E-state index contributed by atoms with van der Waals surface area (Å²) in [5.74, 6) is 0.312. The van der Waals surface area contributed by atoms with E-state index >= 15 is 0 Å². The number of ether oxygens (including phenoxy) is 1. The molecule has 0 aliphatic carbocycles. The molecule has 1 aromatic heterocycles. The Morgan fingerprint density at radius 2 is 1.92 bits per heavy atom. The maximum absolute atomic E-state index is 13.0. The Kier molecular flexibility index (Phi) is 5.15. The first-order valence-electron chi connectivity index (χ1n) is 8.05. The Morgan fingerprint density at radius 1 is 1.12 bits per heavy atom. The molecular formula is C18H21FN2O3. The normalized spacial score (nSPS) is 16.0. The quantitative estimate of drug-likeness (QED) is 0.864. The van der Waals surface area contributed by atoms with E-state index in [0.29, 0.717) is 24.8 Å². The lowest BCUT2D eigenvalue weighted by molar-refractivity contribution is 0.0723. The van der Waals surface area contributed by atoms with Gasteiger partial charge in [-0.25, -0.2) is 4.39 Å². The molecule has 3 rings (SSSR count). The minimum absolute atomic E-state index is 0.109. The molecule has 1 amide bonds. The maximum Gasteiger partial charge on any atom is 0.289 e. The molecule has 0 N–H and O–H groups in total. The molecule has 0 bridgehead atoms. The van der Waals surface area contributed by atoms with Gasteiger partial charge in [0.05, 0.1) is 7.11 Å². The standard InChI is InChI=1S/C18H21FN2O3/c1-23-17-8-7-16(24-17)18(22)21-10-2-9-20(11-12-21)13-14-3-5-15(19)6-4-14/h3-8H,2,9-13H2,1H3. The molecule has 5 nitrogen and oxygen atoms in total.